The molecule has 98 valence electrons. The van der Waals surface area contributed by atoms with Crippen molar-refractivity contribution in [2.75, 3.05) is 25.0 Å². The van der Waals surface area contributed by atoms with Gasteiger partial charge in [-0.15, -0.1) is 0 Å². The summed E-state index contributed by atoms with van der Waals surface area (Å²) in [6.07, 6.45) is 3.86. The van der Waals surface area contributed by atoms with Gasteiger partial charge in [-0.3, -0.25) is 9.88 Å². The minimum absolute atomic E-state index is 0.396. The number of hydrogen-bond donors (Lipinski definition) is 1. The quantitative estimate of drug-likeness (QED) is 0.848. The number of carbonyl (C=O) groups is 1. The molecular weight excluding hydrogens is 238 g/mol. The molecule has 0 unspecified atom stereocenters. The maximum atomic E-state index is 10.5. The van der Waals surface area contributed by atoms with E-state index in [0.717, 1.165) is 42.4 Å². The van der Waals surface area contributed by atoms with Crippen molar-refractivity contribution in [3.63, 3.8) is 0 Å². The number of aldehydes is 1. The fraction of sp³-hybridized carbons (Fsp3) is 0.333. The van der Waals surface area contributed by atoms with Crippen LogP contribution in [0.2, 0.25) is 0 Å². The Morgan fingerprint density at radius 3 is 3.16 bits per heavy atom. The Labute approximate surface area is 112 Å². The normalized spacial score (nSPS) is 19.7. The molecule has 1 fully saturated rings. The molecule has 0 spiro atoms. The summed E-state index contributed by atoms with van der Waals surface area (Å²) in [6.45, 7) is 2.43. The second-order valence-electron chi connectivity index (χ2n) is 4.94. The summed E-state index contributed by atoms with van der Waals surface area (Å²) >= 11 is 0. The first-order valence-electron chi connectivity index (χ1n) is 6.63. The highest BCUT2D eigenvalue weighted by Gasteiger charge is 2.22. The maximum absolute atomic E-state index is 10.5. The lowest BCUT2D eigenvalue weighted by Gasteiger charge is -2.16. The van der Waals surface area contributed by atoms with Crippen molar-refractivity contribution in [1.29, 1.82) is 0 Å². The molecule has 1 saturated heterocycles. The zero-order valence-corrected chi connectivity index (χ0v) is 10.7. The zero-order chi connectivity index (χ0) is 13.1. The number of rotatable bonds is 4. The van der Waals surface area contributed by atoms with Gasteiger partial charge in [-0.2, -0.15) is 0 Å². The third-order valence-corrected chi connectivity index (χ3v) is 3.60. The predicted molar refractivity (Wildman–Crippen MR) is 76.3 cm³/mol. The van der Waals surface area contributed by atoms with E-state index in [2.05, 4.69) is 33.4 Å². The van der Waals surface area contributed by atoms with E-state index >= 15 is 0 Å². The number of likely N-dealkylation sites (tertiary alicyclic amines) is 1. The smallest absolute Gasteiger partial charge is 0.133 e. The average molecular weight is 255 g/mol. The SMILES string of the molecule is O=CCN1CC[C@@H](Nc2cccc3cccnc23)C1. The number of para-hydroxylation sites is 1. The fourth-order valence-electron chi connectivity index (χ4n) is 2.66. The number of pyridine rings is 1. The van der Waals surface area contributed by atoms with Gasteiger partial charge in [0.05, 0.1) is 17.7 Å². The lowest BCUT2D eigenvalue weighted by atomic mass is 10.1. The highest BCUT2D eigenvalue weighted by atomic mass is 16.1. The van der Waals surface area contributed by atoms with E-state index in [0.29, 0.717) is 12.6 Å². The molecule has 3 rings (SSSR count). The summed E-state index contributed by atoms with van der Waals surface area (Å²) < 4.78 is 0. The molecule has 19 heavy (non-hydrogen) atoms. The van der Waals surface area contributed by atoms with E-state index in [9.17, 15) is 4.79 Å². The second-order valence-corrected chi connectivity index (χ2v) is 4.94. The largest absolute Gasteiger partial charge is 0.379 e. The minimum Gasteiger partial charge on any atom is -0.379 e. The second kappa shape index (κ2) is 5.36. The first-order chi connectivity index (χ1) is 9.36. The van der Waals surface area contributed by atoms with Crippen molar-refractivity contribution >= 4 is 22.9 Å². The Morgan fingerprint density at radius 2 is 2.26 bits per heavy atom. The summed E-state index contributed by atoms with van der Waals surface area (Å²) in [6, 6.07) is 10.6. The molecule has 0 radical (unpaired) electrons. The van der Waals surface area contributed by atoms with Gasteiger partial charge in [-0.05, 0) is 18.6 Å². The first kappa shape index (κ1) is 12.1. The van der Waals surface area contributed by atoms with Gasteiger partial charge in [0.2, 0.25) is 0 Å². The van der Waals surface area contributed by atoms with E-state index in [1.54, 1.807) is 0 Å². The Morgan fingerprint density at radius 1 is 1.37 bits per heavy atom. The number of anilines is 1. The number of nitrogens with one attached hydrogen (secondary N) is 1. The first-order valence-corrected chi connectivity index (χ1v) is 6.63. The maximum Gasteiger partial charge on any atom is 0.133 e. The molecule has 0 bridgehead atoms. The van der Waals surface area contributed by atoms with Crippen LogP contribution in [-0.2, 0) is 4.79 Å². The van der Waals surface area contributed by atoms with Gasteiger partial charge < -0.3 is 10.1 Å². The van der Waals surface area contributed by atoms with Crippen molar-refractivity contribution in [1.82, 2.24) is 9.88 Å². The Kier molecular flexibility index (Phi) is 3.42. The summed E-state index contributed by atoms with van der Waals surface area (Å²) in [7, 11) is 0. The van der Waals surface area contributed by atoms with Crippen molar-refractivity contribution in [3.05, 3.63) is 36.5 Å². The molecule has 1 aromatic carbocycles. The Balaban J connectivity index is 1.77. The molecule has 1 aliphatic rings. The molecule has 0 amide bonds. The van der Waals surface area contributed by atoms with Crippen LogP contribution in [0.3, 0.4) is 0 Å². The van der Waals surface area contributed by atoms with Crippen molar-refractivity contribution < 1.29 is 4.79 Å². The lowest BCUT2D eigenvalue weighted by Crippen LogP contribution is -2.27. The van der Waals surface area contributed by atoms with Crippen LogP contribution in [0.4, 0.5) is 5.69 Å². The summed E-state index contributed by atoms with van der Waals surface area (Å²) in [5.41, 5.74) is 2.09. The van der Waals surface area contributed by atoms with Crippen LogP contribution in [0.15, 0.2) is 36.5 Å². The van der Waals surface area contributed by atoms with Gasteiger partial charge in [0.25, 0.3) is 0 Å². The summed E-state index contributed by atoms with van der Waals surface area (Å²) in [5, 5.41) is 4.70. The van der Waals surface area contributed by atoms with Gasteiger partial charge >= 0.3 is 0 Å². The Bertz CT molecular complexity index is 579. The number of nitrogens with zero attached hydrogens (tertiary/aromatic N) is 2. The lowest BCUT2D eigenvalue weighted by molar-refractivity contribution is -0.108. The van der Waals surface area contributed by atoms with Crippen molar-refractivity contribution in [2.45, 2.75) is 12.5 Å². The number of hydrogen-bond acceptors (Lipinski definition) is 4. The number of benzene rings is 1. The summed E-state index contributed by atoms with van der Waals surface area (Å²) in [4.78, 5) is 17.1. The number of aromatic nitrogens is 1. The number of carbonyl (C=O) groups excluding carboxylic acids is 1. The van der Waals surface area contributed by atoms with Gasteiger partial charge in [-0.25, -0.2) is 0 Å². The third-order valence-electron chi connectivity index (χ3n) is 3.60. The molecular formula is C15H17N3O. The highest BCUT2D eigenvalue weighted by Crippen LogP contribution is 2.23. The molecule has 1 aliphatic heterocycles. The summed E-state index contributed by atoms with van der Waals surface area (Å²) in [5.74, 6) is 0. The van der Waals surface area contributed by atoms with E-state index in [-0.39, 0.29) is 0 Å². The van der Waals surface area contributed by atoms with Gasteiger partial charge in [0.15, 0.2) is 0 Å². The third kappa shape index (κ3) is 2.58. The fourth-order valence-corrected chi connectivity index (χ4v) is 2.66. The Hall–Kier alpha value is -1.94. The van der Waals surface area contributed by atoms with Gasteiger partial charge in [0, 0.05) is 30.7 Å². The highest BCUT2D eigenvalue weighted by molar-refractivity contribution is 5.90. The van der Waals surface area contributed by atoms with Crippen molar-refractivity contribution in [2.24, 2.45) is 0 Å². The standard InChI is InChI=1S/C15H17N3O/c19-10-9-18-8-6-13(11-18)17-14-5-1-3-12-4-2-7-16-15(12)14/h1-5,7,10,13,17H,6,8-9,11H2/t13-/m1/s1. The molecule has 4 heteroatoms. The van der Waals surface area contributed by atoms with Crippen LogP contribution in [-0.4, -0.2) is 41.8 Å². The van der Waals surface area contributed by atoms with Crippen LogP contribution < -0.4 is 5.32 Å². The monoisotopic (exact) mass is 255 g/mol. The molecule has 1 atom stereocenters. The van der Waals surface area contributed by atoms with Gasteiger partial charge in [0.1, 0.15) is 6.29 Å². The van der Waals surface area contributed by atoms with Crippen LogP contribution >= 0.6 is 0 Å². The molecule has 2 heterocycles. The van der Waals surface area contributed by atoms with Crippen LogP contribution in [0.1, 0.15) is 6.42 Å². The molecule has 2 aromatic rings. The topological polar surface area (TPSA) is 45.2 Å². The number of fused-ring (bicyclic) bond motifs is 1. The average Bonchev–Trinajstić information content (AvgIpc) is 2.87. The molecule has 1 aromatic heterocycles. The van der Waals surface area contributed by atoms with Crippen LogP contribution in [0.5, 0.6) is 0 Å². The molecule has 0 aliphatic carbocycles. The van der Waals surface area contributed by atoms with Crippen molar-refractivity contribution in [3.8, 4) is 0 Å². The predicted octanol–water partition coefficient (Wildman–Crippen LogP) is 1.92. The van der Waals surface area contributed by atoms with Gasteiger partial charge in [-0.1, -0.05) is 18.2 Å². The van der Waals surface area contributed by atoms with E-state index < -0.39 is 0 Å². The zero-order valence-electron chi connectivity index (χ0n) is 10.7. The molecule has 1 N–H and O–H groups in total. The van der Waals surface area contributed by atoms with Crippen LogP contribution in [0, 0.1) is 0 Å². The minimum atomic E-state index is 0.396. The van der Waals surface area contributed by atoms with E-state index in [4.69, 9.17) is 0 Å². The molecule has 4 nitrogen and oxygen atoms in total. The van der Waals surface area contributed by atoms with E-state index in [1.807, 2.05) is 18.3 Å². The molecule has 0 saturated carbocycles. The van der Waals surface area contributed by atoms with E-state index in [1.165, 1.54) is 0 Å². The van der Waals surface area contributed by atoms with Crippen LogP contribution in [0.25, 0.3) is 10.9 Å².